The summed E-state index contributed by atoms with van der Waals surface area (Å²) in [6.45, 7) is 5.21. The van der Waals surface area contributed by atoms with E-state index in [9.17, 15) is 14.0 Å². The number of aromatic nitrogens is 2. The smallest absolute Gasteiger partial charge is 0.278 e. The maximum atomic E-state index is 14.2. The standard InChI is InChI=1S/C21H25FN4O2/c1-15-14-19(27)20(23-26(15)18-7-3-2-6-17(18)22)21(28)25-12-8-16(9-13-25)24-10-4-5-11-24/h2-3,6-7,14,16H,4-5,8-13H2,1H3. The summed E-state index contributed by atoms with van der Waals surface area (Å²) < 4.78 is 15.5. The second kappa shape index (κ2) is 7.83. The van der Waals surface area contributed by atoms with Gasteiger partial charge in [0.1, 0.15) is 11.5 Å². The number of amides is 1. The van der Waals surface area contributed by atoms with E-state index in [2.05, 4.69) is 10.00 Å². The zero-order valence-electron chi connectivity index (χ0n) is 16.1. The van der Waals surface area contributed by atoms with Gasteiger partial charge in [-0.05, 0) is 57.8 Å². The molecule has 0 atom stereocenters. The Morgan fingerprint density at radius 2 is 1.79 bits per heavy atom. The van der Waals surface area contributed by atoms with Gasteiger partial charge >= 0.3 is 0 Å². The molecule has 4 rings (SSSR count). The van der Waals surface area contributed by atoms with Crippen molar-refractivity contribution in [2.24, 2.45) is 0 Å². The molecule has 0 unspecified atom stereocenters. The van der Waals surface area contributed by atoms with Gasteiger partial charge in [-0.2, -0.15) is 5.10 Å². The van der Waals surface area contributed by atoms with Crippen LogP contribution in [0.4, 0.5) is 4.39 Å². The molecule has 0 aliphatic carbocycles. The fourth-order valence-corrected chi connectivity index (χ4v) is 4.25. The lowest BCUT2D eigenvalue weighted by Crippen LogP contribution is -2.47. The van der Waals surface area contributed by atoms with Crippen LogP contribution in [0.5, 0.6) is 0 Å². The number of carbonyl (C=O) groups is 1. The third-order valence-corrected chi connectivity index (χ3v) is 5.80. The number of rotatable bonds is 3. The summed E-state index contributed by atoms with van der Waals surface area (Å²) in [5, 5.41) is 4.24. The summed E-state index contributed by atoms with van der Waals surface area (Å²) in [5.41, 5.74) is 0.145. The molecule has 0 N–H and O–H groups in total. The molecule has 3 heterocycles. The number of likely N-dealkylation sites (tertiary alicyclic amines) is 2. The zero-order chi connectivity index (χ0) is 19.7. The molecule has 28 heavy (non-hydrogen) atoms. The van der Waals surface area contributed by atoms with Crippen LogP contribution >= 0.6 is 0 Å². The molecule has 2 saturated heterocycles. The summed E-state index contributed by atoms with van der Waals surface area (Å²) in [4.78, 5) is 29.6. The van der Waals surface area contributed by atoms with Gasteiger partial charge in [0, 0.05) is 30.9 Å². The van der Waals surface area contributed by atoms with E-state index in [1.54, 1.807) is 30.0 Å². The van der Waals surface area contributed by atoms with Crippen molar-refractivity contribution in [1.82, 2.24) is 19.6 Å². The Bertz CT molecular complexity index is 928. The highest BCUT2D eigenvalue weighted by Crippen LogP contribution is 2.22. The zero-order valence-corrected chi connectivity index (χ0v) is 16.1. The number of halogens is 1. The molecule has 1 aromatic heterocycles. The Hall–Kier alpha value is -2.54. The van der Waals surface area contributed by atoms with Crippen molar-refractivity contribution in [2.45, 2.75) is 38.6 Å². The van der Waals surface area contributed by atoms with Gasteiger partial charge in [-0.15, -0.1) is 0 Å². The number of hydrogen-bond acceptors (Lipinski definition) is 4. The average molecular weight is 384 g/mol. The van der Waals surface area contributed by atoms with Crippen molar-refractivity contribution in [3.8, 4) is 5.69 Å². The van der Waals surface area contributed by atoms with E-state index >= 15 is 0 Å². The SMILES string of the molecule is Cc1cc(=O)c(C(=O)N2CCC(N3CCCC3)CC2)nn1-c1ccccc1F. The highest BCUT2D eigenvalue weighted by Gasteiger charge is 2.30. The molecule has 6 nitrogen and oxygen atoms in total. The molecule has 148 valence electrons. The molecule has 0 saturated carbocycles. The monoisotopic (exact) mass is 384 g/mol. The predicted octanol–water partition coefficient (Wildman–Crippen LogP) is 2.38. The number of aryl methyl sites for hydroxylation is 1. The van der Waals surface area contributed by atoms with Gasteiger partial charge in [0.2, 0.25) is 5.43 Å². The summed E-state index contributed by atoms with van der Waals surface area (Å²) >= 11 is 0. The quantitative estimate of drug-likeness (QED) is 0.815. The first-order valence-corrected chi connectivity index (χ1v) is 9.94. The Labute approximate surface area is 163 Å². The Morgan fingerprint density at radius 3 is 2.46 bits per heavy atom. The largest absolute Gasteiger partial charge is 0.337 e. The van der Waals surface area contributed by atoms with E-state index in [-0.39, 0.29) is 17.3 Å². The number of benzene rings is 1. The average Bonchev–Trinajstić information content (AvgIpc) is 3.23. The van der Waals surface area contributed by atoms with Gasteiger partial charge in [-0.25, -0.2) is 9.07 Å². The lowest BCUT2D eigenvalue weighted by molar-refractivity contribution is 0.0635. The van der Waals surface area contributed by atoms with Gasteiger partial charge in [0.15, 0.2) is 5.69 Å². The molecule has 1 amide bonds. The van der Waals surface area contributed by atoms with Gasteiger partial charge in [-0.1, -0.05) is 12.1 Å². The highest BCUT2D eigenvalue weighted by atomic mass is 19.1. The normalized spacial score (nSPS) is 18.6. The van der Waals surface area contributed by atoms with Crippen LogP contribution in [-0.4, -0.2) is 57.7 Å². The minimum atomic E-state index is -0.452. The van der Waals surface area contributed by atoms with Crippen LogP contribution in [0.15, 0.2) is 35.1 Å². The highest BCUT2D eigenvalue weighted by molar-refractivity contribution is 5.92. The van der Waals surface area contributed by atoms with Crippen LogP contribution in [0.3, 0.4) is 0 Å². The maximum absolute atomic E-state index is 14.2. The van der Waals surface area contributed by atoms with Crippen LogP contribution in [0.25, 0.3) is 5.69 Å². The fraction of sp³-hybridized carbons (Fsp3) is 0.476. The molecule has 2 aliphatic rings. The molecular formula is C21H25FN4O2. The van der Waals surface area contributed by atoms with E-state index in [4.69, 9.17) is 0 Å². The molecule has 2 fully saturated rings. The van der Waals surface area contributed by atoms with Crippen molar-refractivity contribution in [2.75, 3.05) is 26.2 Å². The van der Waals surface area contributed by atoms with Crippen LogP contribution < -0.4 is 5.43 Å². The second-order valence-electron chi connectivity index (χ2n) is 7.63. The van der Waals surface area contributed by atoms with E-state index < -0.39 is 11.2 Å². The van der Waals surface area contributed by atoms with Gasteiger partial charge in [0.25, 0.3) is 5.91 Å². The van der Waals surface area contributed by atoms with Crippen LogP contribution in [0.2, 0.25) is 0 Å². The molecule has 2 aliphatic heterocycles. The molecule has 2 aromatic rings. The van der Waals surface area contributed by atoms with Crippen molar-refractivity contribution in [3.63, 3.8) is 0 Å². The number of piperidine rings is 1. The third kappa shape index (κ3) is 3.58. The predicted molar refractivity (Wildman–Crippen MR) is 104 cm³/mol. The minimum Gasteiger partial charge on any atom is -0.337 e. The molecule has 0 bridgehead atoms. The summed E-state index contributed by atoms with van der Waals surface area (Å²) in [6, 6.07) is 8.07. The lowest BCUT2D eigenvalue weighted by Gasteiger charge is -2.36. The Kier molecular flexibility index (Phi) is 5.26. The van der Waals surface area contributed by atoms with Crippen LogP contribution in [-0.2, 0) is 0 Å². The number of hydrogen-bond donors (Lipinski definition) is 0. The fourth-order valence-electron chi connectivity index (χ4n) is 4.25. The molecule has 0 spiro atoms. The second-order valence-corrected chi connectivity index (χ2v) is 7.63. The first kappa shape index (κ1) is 18.8. The summed E-state index contributed by atoms with van der Waals surface area (Å²) in [6.07, 6.45) is 4.34. The Balaban J connectivity index is 1.56. The third-order valence-electron chi connectivity index (χ3n) is 5.80. The topological polar surface area (TPSA) is 58.4 Å². The minimum absolute atomic E-state index is 0.145. The number of carbonyl (C=O) groups excluding carboxylic acids is 1. The van der Waals surface area contributed by atoms with E-state index in [0.29, 0.717) is 24.8 Å². The Morgan fingerprint density at radius 1 is 1.11 bits per heavy atom. The molecule has 1 aromatic carbocycles. The lowest BCUT2D eigenvalue weighted by atomic mass is 10.0. The van der Waals surface area contributed by atoms with E-state index in [1.807, 2.05) is 0 Å². The molecule has 0 radical (unpaired) electrons. The van der Waals surface area contributed by atoms with E-state index in [0.717, 1.165) is 25.9 Å². The first-order chi connectivity index (χ1) is 13.5. The summed E-state index contributed by atoms with van der Waals surface area (Å²) in [7, 11) is 0. The van der Waals surface area contributed by atoms with Crippen molar-refractivity contribution in [1.29, 1.82) is 0 Å². The van der Waals surface area contributed by atoms with Crippen LogP contribution in [0, 0.1) is 12.7 Å². The number of nitrogens with zero attached hydrogens (tertiary/aromatic N) is 4. The van der Waals surface area contributed by atoms with Gasteiger partial charge in [0.05, 0.1) is 0 Å². The van der Waals surface area contributed by atoms with Crippen molar-refractivity contribution < 1.29 is 9.18 Å². The van der Waals surface area contributed by atoms with Crippen molar-refractivity contribution >= 4 is 5.91 Å². The first-order valence-electron chi connectivity index (χ1n) is 9.94. The molecule has 7 heteroatoms. The van der Waals surface area contributed by atoms with Gasteiger partial charge < -0.3 is 9.80 Å². The molecular weight excluding hydrogens is 359 g/mol. The van der Waals surface area contributed by atoms with Gasteiger partial charge in [-0.3, -0.25) is 9.59 Å². The number of para-hydroxylation sites is 1. The van der Waals surface area contributed by atoms with E-state index in [1.165, 1.54) is 29.7 Å². The maximum Gasteiger partial charge on any atom is 0.278 e. The summed E-state index contributed by atoms with van der Waals surface area (Å²) in [5.74, 6) is -0.818. The van der Waals surface area contributed by atoms with Crippen LogP contribution in [0.1, 0.15) is 41.9 Å². The van der Waals surface area contributed by atoms with Crippen molar-refractivity contribution in [3.05, 3.63) is 57.8 Å².